The van der Waals surface area contributed by atoms with Gasteiger partial charge in [0.2, 0.25) is 11.8 Å². The van der Waals surface area contributed by atoms with Crippen LogP contribution < -0.4 is 0 Å². The Balaban J connectivity index is 1.51. The number of hydrogen-bond acceptors (Lipinski definition) is 3. The van der Waals surface area contributed by atoms with Crippen LogP contribution in [0.25, 0.3) is 0 Å². The first-order chi connectivity index (χ1) is 12.1. The maximum atomic E-state index is 12.7. The maximum Gasteiger partial charge on any atom is 0.227 e. The molecule has 2 fully saturated rings. The molecule has 0 aromatic heterocycles. The number of amides is 2. The number of morpholine rings is 1. The molecule has 1 aromatic rings. The van der Waals surface area contributed by atoms with E-state index in [4.69, 9.17) is 4.74 Å². The summed E-state index contributed by atoms with van der Waals surface area (Å²) in [7, 11) is 0. The van der Waals surface area contributed by atoms with Crippen LogP contribution in [0.2, 0.25) is 0 Å². The smallest absolute Gasteiger partial charge is 0.227 e. The van der Waals surface area contributed by atoms with Gasteiger partial charge in [-0.3, -0.25) is 9.59 Å². The fourth-order valence-electron chi connectivity index (χ4n) is 3.72. The van der Waals surface area contributed by atoms with Gasteiger partial charge in [0.25, 0.3) is 0 Å². The van der Waals surface area contributed by atoms with Gasteiger partial charge in [0, 0.05) is 32.6 Å². The van der Waals surface area contributed by atoms with E-state index in [0.717, 1.165) is 25.8 Å². The van der Waals surface area contributed by atoms with Crippen molar-refractivity contribution in [3.8, 4) is 0 Å². The van der Waals surface area contributed by atoms with Crippen LogP contribution in [-0.4, -0.2) is 61.0 Å². The quantitative estimate of drug-likeness (QED) is 0.840. The molecule has 1 atom stereocenters. The summed E-state index contributed by atoms with van der Waals surface area (Å²) in [6.45, 7) is 6.02. The summed E-state index contributed by atoms with van der Waals surface area (Å²) < 4.78 is 5.32. The topological polar surface area (TPSA) is 49.9 Å². The molecule has 2 amide bonds. The Hall–Kier alpha value is -1.88. The Bertz CT molecular complexity index is 611. The summed E-state index contributed by atoms with van der Waals surface area (Å²) in [6, 6.07) is 8.31. The minimum absolute atomic E-state index is 0.0465. The molecule has 3 rings (SSSR count). The fraction of sp³-hybridized carbons (Fsp3) is 0.600. The predicted molar refractivity (Wildman–Crippen MR) is 96.2 cm³/mol. The number of nitrogens with zero attached hydrogens (tertiary/aromatic N) is 2. The largest absolute Gasteiger partial charge is 0.378 e. The summed E-state index contributed by atoms with van der Waals surface area (Å²) in [5, 5.41) is 0. The molecule has 1 unspecified atom stereocenters. The molecule has 2 saturated heterocycles. The second kappa shape index (κ2) is 8.48. The molecule has 0 aliphatic carbocycles. The first-order valence-corrected chi connectivity index (χ1v) is 9.33. The fourth-order valence-corrected chi connectivity index (χ4v) is 3.72. The van der Waals surface area contributed by atoms with Gasteiger partial charge in [0.1, 0.15) is 0 Å². The van der Waals surface area contributed by atoms with Crippen molar-refractivity contribution >= 4 is 11.8 Å². The standard InChI is InChI=1S/C20H28N2O3/c1-16-4-2-5-17(14-16)7-8-19(23)22-9-3-6-18(15-22)20(24)21-10-12-25-13-11-21/h2,4-5,14,18H,3,6-13,15H2,1H3. The normalized spacial score (nSPS) is 21.2. The van der Waals surface area contributed by atoms with Gasteiger partial charge in [0.15, 0.2) is 0 Å². The minimum Gasteiger partial charge on any atom is -0.378 e. The molecule has 5 heteroatoms. The van der Waals surface area contributed by atoms with Gasteiger partial charge < -0.3 is 14.5 Å². The number of benzene rings is 1. The summed E-state index contributed by atoms with van der Waals surface area (Å²) in [5.41, 5.74) is 2.42. The van der Waals surface area contributed by atoms with Gasteiger partial charge in [-0.05, 0) is 31.7 Å². The molecule has 0 radical (unpaired) electrons. The van der Waals surface area contributed by atoms with Gasteiger partial charge in [-0.2, -0.15) is 0 Å². The highest BCUT2D eigenvalue weighted by molar-refractivity contribution is 5.81. The average molecular weight is 344 g/mol. The number of carbonyl (C=O) groups excluding carboxylic acids is 2. The number of piperidine rings is 1. The van der Waals surface area contributed by atoms with Gasteiger partial charge in [0.05, 0.1) is 19.1 Å². The van der Waals surface area contributed by atoms with E-state index in [1.807, 2.05) is 15.9 Å². The van der Waals surface area contributed by atoms with Gasteiger partial charge in [-0.1, -0.05) is 29.8 Å². The Morgan fingerprint density at radius 3 is 2.72 bits per heavy atom. The highest BCUT2D eigenvalue weighted by Crippen LogP contribution is 2.20. The van der Waals surface area contributed by atoms with Crippen molar-refractivity contribution in [1.82, 2.24) is 9.80 Å². The van der Waals surface area contributed by atoms with E-state index >= 15 is 0 Å². The summed E-state index contributed by atoms with van der Waals surface area (Å²) in [5.74, 6) is 0.315. The lowest BCUT2D eigenvalue weighted by Gasteiger charge is -2.36. The molecule has 1 aromatic carbocycles. The Morgan fingerprint density at radius 2 is 1.96 bits per heavy atom. The Morgan fingerprint density at radius 1 is 1.16 bits per heavy atom. The molecular formula is C20H28N2O3. The van der Waals surface area contributed by atoms with E-state index in [1.54, 1.807) is 0 Å². The molecular weight excluding hydrogens is 316 g/mol. The molecule has 2 aliphatic heterocycles. The van der Waals surface area contributed by atoms with Crippen molar-refractivity contribution in [3.63, 3.8) is 0 Å². The molecule has 136 valence electrons. The van der Waals surface area contributed by atoms with Gasteiger partial charge >= 0.3 is 0 Å². The lowest BCUT2D eigenvalue weighted by molar-refractivity contribution is -0.144. The zero-order valence-electron chi connectivity index (χ0n) is 15.1. The zero-order chi connectivity index (χ0) is 17.6. The number of carbonyl (C=O) groups is 2. The van der Waals surface area contributed by atoms with E-state index in [-0.39, 0.29) is 17.7 Å². The molecule has 0 saturated carbocycles. The van der Waals surface area contributed by atoms with Gasteiger partial charge in [-0.15, -0.1) is 0 Å². The van der Waals surface area contributed by atoms with E-state index < -0.39 is 0 Å². The second-order valence-electron chi connectivity index (χ2n) is 7.11. The Kier molecular flexibility index (Phi) is 6.08. The lowest BCUT2D eigenvalue weighted by atomic mass is 9.95. The van der Waals surface area contributed by atoms with Crippen LogP contribution in [0, 0.1) is 12.8 Å². The zero-order valence-corrected chi connectivity index (χ0v) is 15.1. The number of likely N-dealkylation sites (tertiary alicyclic amines) is 1. The monoisotopic (exact) mass is 344 g/mol. The van der Waals surface area contributed by atoms with Crippen LogP contribution in [-0.2, 0) is 20.7 Å². The van der Waals surface area contributed by atoms with Crippen molar-refractivity contribution in [3.05, 3.63) is 35.4 Å². The molecule has 2 heterocycles. The van der Waals surface area contributed by atoms with E-state index in [9.17, 15) is 9.59 Å². The molecule has 0 spiro atoms. The number of ether oxygens (including phenoxy) is 1. The van der Waals surface area contributed by atoms with Crippen molar-refractivity contribution < 1.29 is 14.3 Å². The van der Waals surface area contributed by atoms with Crippen molar-refractivity contribution in [2.75, 3.05) is 39.4 Å². The highest BCUT2D eigenvalue weighted by Gasteiger charge is 2.31. The first kappa shape index (κ1) is 17.9. The maximum absolute atomic E-state index is 12.7. The summed E-state index contributed by atoms with van der Waals surface area (Å²) in [4.78, 5) is 29.0. The number of aryl methyl sites for hydroxylation is 2. The number of rotatable bonds is 4. The third-order valence-electron chi connectivity index (χ3n) is 5.16. The SMILES string of the molecule is Cc1cccc(CCC(=O)N2CCCC(C(=O)N3CCOCC3)C2)c1. The summed E-state index contributed by atoms with van der Waals surface area (Å²) in [6.07, 6.45) is 3.08. The second-order valence-corrected chi connectivity index (χ2v) is 7.11. The predicted octanol–water partition coefficient (Wildman–Crippen LogP) is 2.03. The summed E-state index contributed by atoms with van der Waals surface area (Å²) >= 11 is 0. The minimum atomic E-state index is -0.0465. The Labute approximate surface area is 149 Å². The van der Waals surface area contributed by atoms with Crippen molar-refractivity contribution in [2.24, 2.45) is 5.92 Å². The molecule has 5 nitrogen and oxygen atoms in total. The molecule has 25 heavy (non-hydrogen) atoms. The van der Waals surface area contributed by atoms with Crippen LogP contribution >= 0.6 is 0 Å². The van der Waals surface area contributed by atoms with E-state index in [1.165, 1.54) is 11.1 Å². The molecule has 0 N–H and O–H groups in total. The third-order valence-corrected chi connectivity index (χ3v) is 5.16. The van der Waals surface area contributed by atoms with Crippen LogP contribution in [0.5, 0.6) is 0 Å². The van der Waals surface area contributed by atoms with Crippen LogP contribution in [0.4, 0.5) is 0 Å². The van der Waals surface area contributed by atoms with E-state index in [0.29, 0.717) is 39.3 Å². The number of hydrogen-bond donors (Lipinski definition) is 0. The van der Waals surface area contributed by atoms with Crippen molar-refractivity contribution in [1.29, 1.82) is 0 Å². The van der Waals surface area contributed by atoms with Crippen LogP contribution in [0.15, 0.2) is 24.3 Å². The highest BCUT2D eigenvalue weighted by atomic mass is 16.5. The van der Waals surface area contributed by atoms with E-state index in [2.05, 4.69) is 25.1 Å². The van der Waals surface area contributed by atoms with Gasteiger partial charge in [-0.25, -0.2) is 0 Å². The first-order valence-electron chi connectivity index (χ1n) is 9.33. The van der Waals surface area contributed by atoms with Crippen LogP contribution in [0.1, 0.15) is 30.4 Å². The lowest BCUT2D eigenvalue weighted by Crippen LogP contribution is -2.49. The van der Waals surface area contributed by atoms with Crippen LogP contribution in [0.3, 0.4) is 0 Å². The molecule has 2 aliphatic rings. The van der Waals surface area contributed by atoms with Crippen molar-refractivity contribution in [2.45, 2.75) is 32.6 Å². The average Bonchev–Trinajstić information content (AvgIpc) is 2.66. The molecule has 0 bridgehead atoms. The third kappa shape index (κ3) is 4.82.